The van der Waals surface area contributed by atoms with E-state index in [0.717, 1.165) is 8.97 Å². The van der Waals surface area contributed by atoms with Crippen LogP contribution in [-0.2, 0) is 16.2 Å². The molecule has 2 heteroatoms. The maximum atomic E-state index is 2.73. The fraction of sp³-hybridized carbons (Fsp3) is 0.265. The van der Waals surface area contributed by atoms with Gasteiger partial charge in [-0.2, -0.15) is 0 Å². The van der Waals surface area contributed by atoms with E-state index in [1.165, 1.54) is 26.2 Å². The Labute approximate surface area is 391 Å². The average molecular weight is 871 g/mol. The molecule has 2 nitrogen and oxygen atoms in total. The molecule has 306 valence electrons. The Morgan fingerprint density at radius 3 is 1.53 bits per heavy atom. The van der Waals surface area contributed by atoms with Gasteiger partial charge in [-0.25, -0.2) is 0 Å². The summed E-state index contributed by atoms with van der Waals surface area (Å²) in [5, 5.41) is 55.2. The third-order valence-electron chi connectivity index (χ3n) is 29.1. The Balaban J connectivity index is 1.14. The van der Waals surface area contributed by atoms with Gasteiger partial charge in [0.05, 0.1) is 76.0 Å². The summed E-state index contributed by atoms with van der Waals surface area (Å²) in [4.78, 5) is 0. The van der Waals surface area contributed by atoms with Crippen LogP contribution >= 0.6 is 0 Å². The molecule has 0 unspecified atom stereocenters. The number of likely N-dealkylation sites (N-methyl/N-ethyl adjacent to an activating group) is 2. The van der Waals surface area contributed by atoms with Crippen molar-refractivity contribution in [2.24, 2.45) is 5.41 Å². The van der Waals surface area contributed by atoms with Gasteiger partial charge in [0.25, 0.3) is 0 Å². The van der Waals surface area contributed by atoms with Crippen LogP contribution < -0.4 is 5.22 Å². The van der Waals surface area contributed by atoms with E-state index in [-0.39, 0.29) is 21.7 Å². The van der Waals surface area contributed by atoms with Crippen molar-refractivity contribution in [3.8, 4) is 11.1 Å². The van der Waals surface area contributed by atoms with Crippen molar-refractivity contribution in [1.29, 1.82) is 0 Å². The molecule has 17 aliphatic rings. The summed E-state index contributed by atoms with van der Waals surface area (Å²) in [5.41, 5.74) is 36.8. The fourth-order valence-electron chi connectivity index (χ4n) is 30.6. The van der Waals surface area contributed by atoms with Gasteiger partial charge in [0.15, 0.2) is 0 Å². The molecule has 2 fully saturated rings. The van der Waals surface area contributed by atoms with E-state index in [1.54, 1.807) is 113 Å². The number of likely N-dealkylation sites (tertiary alicyclic amines) is 2. The molecule has 0 bridgehead atoms. The molecule has 70 heavy (non-hydrogen) atoms. The van der Waals surface area contributed by atoms with E-state index in [4.69, 9.17) is 0 Å². The Hall–Kier alpha value is -6.58. The van der Waals surface area contributed by atoms with Crippen molar-refractivity contribution >= 4 is 178 Å². The summed E-state index contributed by atoms with van der Waals surface area (Å²) in [5.74, 6) is 2.96. The molecule has 10 atom stereocenters. The van der Waals surface area contributed by atoms with Crippen molar-refractivity contribution in [3.63, 3.8) is 0 Å². The third-order valence-corrected chi connectivity index (χ3v) is 29.1. The van der Waals surface area contributed by atoms with Crippen molar-refractivity contribution in [2.75, 3.05) is 54.4 Å². The monoisotopic (exact) mass is 870 g/mol. The minimum atomic E-state index is -0.0130. The van der Waals surface area contributed by atoms with Crippen LogP contribution in [0.5, 0.6) is 0 Å². The van der Waals surface area contributed by atoms with E-state index < -0.39 is 0 Å². The normalized spacial score (nSPS) is 38.1. The first-order valence-electron chi connectivity index (χ1n) is 27.7. The van der Waals surface area contributed by atoms with Crippen molar-refractivity contribution < 1.29 is 8.97 Å². The standard InChI is InChI=1S/C68H26N2/c1-69(2)5-65-57-41-29-17-9-10-14-11-15-23-31(19(11)17)43(41)59(65)49-37(23)28-36-26(15)34-22(14)30-18(10)20-12-13(9)21(29)33-25-16(12)24-32(20)44-42(30)58-46(34)48(36)62-54-39(28)51(49)63-55-53-40-27(35(25)47(45(33)57)61(53)67(63,65)7-69)38(24)50-52(40)64(56(54)55)68(62)8-70(3,4)6-66(58,68)60(44)50/h39,47,50,54,60-61H,5-8H2,1-4H3/q+2/t39-,47+,50+,54-,60+,61-,65+,66+,67-,68-/m0/s1. The number of hydrogen-bond acceptors (Lipinski definition) is 0. The fourth-order valence-corrected chi connectivity index (χ4v) is 30.6. The first kappa shape index (κ1) is 27.1. The van der Waals surface area contributed by atoms with Crippen LogP contribution in [0.2, 0.25) is 0 Å². The van der Waals surface area contributed by atoms with Crippen LogP contribution in [0.1, 0.15) is 113 Å². The highest BCUT2D eigenvalue weighted by atomic mass is 15.4. The number of hydrogen-bond donors (Lipinski definition) is 0. The van der Waals surface area contributed by atoms with Gasteiger partial charge in [0.1, 0.15) is 0 Å². The van der Waals surface area contributed by atoms with Gasteiger partial charge >= 0.3 is 0 Å². The molecule has 0 saturated carbocycles. The van der Waals surface area contributed by atoms with Gasteiger partial charge in [-0.15, -0.1) is 0 Å². The molecule has 0 N–H and O–H groups in total. The molecule has 0 radical (unpaired) electrons. The predicted octanol–water partition coefficient (Wildman–Crippen LogP) is 12.6. The lowest BCUT2D eigenvalue weighted by atomic mass is 9.42. The van der Waals surface area contributed by atoms with Gasteiger partial charge in [0.2, 0.25) is 0 Å². The van der Waals surface area contributed by atoms with Crippen molar-refractivity contribution in [3.05, 3.63) is 83.1 Å². The van der Waals surface area contributed by atoms with Crippen LogP contribution in [0, 0.1) is 5.41 Å². The summed E-state index contributed by atoms with van der Waals surface area (Å²) < 4.78 is 2.29. The van der Waals surface area contributed by atoms with Gasteiger partial charge < -0.3 is 8.97 Å². The molecule has 0 amide bonds. The van der Waals surface area contributed by atoms with E-state index >= 15 is 0 Å². The average Bonchev–Trinajstić information content (AvgIpc) is 4.18. The van der Waals surface area contributed by atoms with Crippen molar-refractivity contribution in [2.45, 2.75) is 51.8 Å². The number of rotatable bonds is 0. The molecule has 0 aromatic heterocycles. The predicted molar refractivity (Wildman–Crippen MR) is 279 cm³/mol. The Morgan fingerprint density at radius 1 is 0.300 bits per heavy atom. The minimum Gasteiger partial charge on any atom is -0.327 e. The molecule has 2 aliphatic heterocycles. The van der Waals surface area contributed by atoms with E-state index in [1.807, 2.05) is 159 Å². The first-order chi connectivity index (χ1) is 34.3. The van der Waals surface area contributed by atoms with Gasteiger partial charge in [0, 0.05) is 35.5 Å². The molecule has 17 aromatic carbocycles. The highest BCUT2D eigenvalue weighted by Crippen LogP contribution is 2.95. The van der Waals surface area contributed by atoms with E-state index in [0.29, 0.717) is 35.5 Å². The number of allylic oxidation sites excluding steroid dienone is 1. The largest absolute Gasteiger partial charge is 0.327 e. The smallest absolute Gasteiger partial charge is 0.0934 e. The number of benzene rings is 12. The first-order valence-corrected chi connectivity index (χ1v) is 27.7. The second-order valence-electron chi connectivity index (χ2n) is 30.3. The lowest BCUT2D eigenvalue weighted by Crippen LogP contribution is -2.58. The maximum absolute atomic E-state index is 2.73. The highest BCUT2D eigenvalue weighted by Gasteiger charge is 2.88. The Kier molecular flexibility index (Phi) is 2.25. The summed E-state index contributed by atoms with van der Waals surface area (Å²) >= 11 is 0. The van der Waals surface area contributed by atoms with Crippen LogP contribution in [0.15, 0.2) is 0 Å². The molecule has 17 aromatic rings. The Bertz CT molecular complexity index is 6480. The van der Waals surface area contributed by atoms with Gasteiger partial charge in [-0.3, -0.25) is 0 Å². The maximum Gasteiger partial charge on any atom is 0.0934 e. The van der Waals surface area contributed by atoms with Crippen molar-refractivity contribution in [1.82, 2.24) is 0 Å². The lowest BCUT2D eigenvalue weighted by molar-refractivity contribution is -0.881. The van der Waals surface area contributed by atoms with Crippen LogP contribution in [0.4, 0.5) is 0 Å². The molecule has 34 rings (SSSR count). The zero-order valence-electron chi connectivity index (χ0n) is 38.2. The highest BCUT2D eigenvalue weighted by molar-refractivity contribution is 6.72. The molecular formula is C68H26N2+2. The quantitative estimate of drug-likeness (QED) is 0.105. The van der Waals surface area contributed by atoms with E-state index in [2.05, 4.69) is 28.2 Å². The van der Waals surface area contributed by atoms with Crippen LogP contribution in [0.25, 0.3) is 189 Å². The minimum absolute atomic E-state index is 0.0130. The van der Waals surface area contributed by atoms with Crippen LogP contribution in [0.3, 0.4) is 0 Å². The van der Waals surface area contributed by atoms with E-state index in [9.17, 15) is 0 Å². The second-order valence-corrected chi connectivity index (χ2v) is 30.3. The van der Waals surface area contributed by atoms with Gasteiger partial charge in [-0.1, -0.05) is 0 Å². The summed E-state index contributed by atoms with van der Waals surface area (Å²) in [6.45, 7) is 5.13. The molecule has 4 spiro atoms. The zero-order valence-corrected chi connectivity index (χ0v) is 38.2. The molecule has 2 saturated heterocycles. The summed E-state index contributed by atoms with van der Waals surface area (Å²) in [6.07, 6.45) is 0. The van der Waals surface area contributed by atoms with Crippen LogP contribution in [-0.4, -0.2) is 63.3 Å². The summed E-state index contributed by atoms with van der Waals surface area (Å²) in [7, 11) is 10.9. The number of quaternary nitrogens is 2. The molecule has 15 aliphatic carbocycles. The SMILES string of the molecule is C[N+]1(C)C[C@]23c4c5c6c7c8c9c%10c%11c%12c%13c%14c%15c%16c%17c%18c%19c%20c(c2c2c4c4c6c6c8c%10c8c%12c%10c%14c(c%15%19)c%12c%20c2c2c4c6c8c%10c%122)[C@@H]%18[C@H]2c4c6c8c%10c(c4-%17)[C@@H]%16[C@@H]%13[C@@]%114C[N+](C)(C)C[C@]%104C=9[C@H]8[C@@H]7C5=C6[C@]23C1. The van der Waals surface area contributed by atoms with Gasteiger partial charge in [-0.05, 0) is 273 Å². The summed E-state index contributed by atoms with van der Waals surface area (Å²) in [6, 6.07) is 0. The third kappa shape index (κ3) is 1.38. The topological polar surface area (TPSA) is 0 Å². The second kappa shape index (κ2) is 5.80. The number of nitrogens with zero attached hydrogens (tertiary/aromatic N) is 2. The molecular weight excluding hydrogens is 845 g/mol. The zero-order chi connectivity index (χ0) is 42.2. The Morgan fingerprint density at radius 2 is 0.800 bits per heavy atom. The lowest BCUT2D eigenvalue weighted by Gasteiger charge is -2.56. The molecule has 2 heterocycles.